The van der Waals surface area contributed by atoms with Crippen LogP contribution in [0.25, 0.3) is 64.6 Å². The summed E-state index contributed by atoms with van der Waals surface area (Å²) >= 11 is 0. The summed E-state index contributed by atoms with van der Waals surface area (Å²) in [5.74, 6) is 0.658. The van der Waals surface area contributed by atoms with E-state index in [1.807, 2.05) is 24.3 Å². The minimum atomic E-state index is -0.483. The van der Waals surface area contributed by atoms with E-state index in [1.54, 1.807) is 48.5 Å². The normalized spacial score (nSPS) is 11.8. The zero-order valence-corrected chi connectivity index (χ0v) is 20.4. The van der Waals surface area contributed by atoms with Crippen LogP contribution in [-0.4, -0.2) is 14.2 Å². The Morgan fingerprint density at radius 3 is 0.868 bits per heavy atom. The molecule has 6 nitrogen and oxygen atoms in total. The van der Waals surface area contributed by atoms with E-state index in [9.17, 15) is 19.2 Å². The Morgan fingerprint density at radius 2 is 0.605 bits per heavy atom. The number of rotatable bonds is 2. The zero-order chi connectivity index (χ0) is 26.3. The molecule has 0 aliphatic heterocycles. The van der Waals surface area contributed by atoms with Gasteiger partial charge in [0.2, 0.25) is 0 Å². The third-order valence-corrected chi connectivity index (χ3v) is 7.52. The maximum atomic E-state index is 14.1. The minimum absolute atomic E-state index is 0.0453. The molecule has 0 N–H and O–H groups in total. The molecule has 0 spiro atoms. The number of fused-ring (bicyclic) bond motifs is 9. The Bertz CT molecular complexity index is 2230. The van der Waals surface area contributed by atoms with Gasteiger partial charge >= 0.3 is 0 Å². The molecular weight excluding hydrogens is 480 g/mol. The molecule has 38 heavy (non-hydrogen) atoms. The van der Waals surface area contributed by atoms with Crippen molar-refractivity contribution >= 4 is 64.6 Å². The average Bonchev–Trinajstić information content (AvgIpc) is 2.96. The summed E-state index contributed by atoms with van der Waals surface area (Å²) in [6, 6.07) is 20.3. The second-order valence-electron chi connectivity index (χ2n) is 9.27. The first-order chi connectivity index (χ1) is 18.5. The van der Waals surface area contributed by atoms with Crippen molar-refractivity contribution in [3.05, 3.63) is 114 Å². The lowest BCUT2D eigenvalue weighted by Crippen LogP contribution is -2.20. The molecule has 0 saturated heterocycles. The smallest absolute Gasteiger partial charge is 0.195 e. The third-order valence-electron chi connectivity index (χ3n) is 7.52. The Balaban J connectivity index is 2.06. The van der Waals surface area contributed by atoms with Crippen molar-refractivity contribution < 1.29 is 9.47 Å². The van der Waals surface area contributed by atoms with E-state index in [0.29, 0.717) is 22.3 Å². The van der Waals surface area contributed by atoms with Gasteiger partial charge in [0, 0.05) is 64.6 Å². The van der Waals surface area contributed by atoms with Crippen LogP contribution < -0.4 is 31.2 Å². The fraction of sp³-hybridized carbons (Fsp3) is 0.0625. The SMILES string of the molecule is COc1c2ccccc2c(OC)c2c1c1c(=O)c3ccccc3c(=O)c1c1c(=O)c3ccccc3c(=O)c21. The molecule has 0 heterocycles. The van der Waals surface area contributed by atoms with Gasteiger partial charge in [0.25, 0.3) is 0 Å². The molecule has 7 rings (SSSR count). The minimum Gasteiger partial charge on any atom is -0.495 e. The summed E-state index contributed by atoms with van der Waals surface area (Å²) in [6.45, 7) is 0. The second kappa shape index (κ2) is 7.70. The van der Waals surface area contributed by atoms with Gasteiger partial charge in [-0.05, 0) is 0 Å². The zero-order valence-electron chi connectivity index (χ0n) is 20.4. The average molecular weight is 498 g/mol. The Labute approximate surface area is 213 Å². The van der Waals surface area contributed by atoms with Crippen LogP contribution in [0.15, 0.2) is 92.0 Å². The number of benzene rings is 7. The lowest BCUT2D eigenvalue weighted by atomic mass is 9.87. The van der Waals surface area contributed by atoms with Gasteiger partial charge in [-0.1, -0.05) is 72.8 Å². The van der Waals surface area contributed by atoms with Gasteiger partial charge in [-0.15, -0.1) is 0 Å². The lowest BCUT2D eigenvalue weighted by Gasteiger charge is -2.18. The molecule has 6 heteroatoms. The van der Waals surface area contributed by atoms with E-state index in [0.717, 1.165) is 0 Å². The molecule has 0 radical (unpaired) electrons. The molecule has 0 amide bonds. The summed E-state index contributed by atoms with van der Waals surface area (Å²) in [7, 11) is 2.95. The molecule has 7 aromatic rings. The first-order valence-corrected chi connectivity index (χ1v) is 12.0. The van der Waals surface area contributed by atoms with Crippen LogP contribution >= 0.6 is 0 Å². The van der Waals surface area contributed by atoms with E-state index >= 15 is 0 Å². The van der Waals surface area contributed by atoms with Crippen LogP contribution in [0, 0.1) is 0 Å². The van der Waals surface area contributed by atoms with Crippen LogP contribution in [0.5, 0.6) is 11.5 Å². The maximum absolute atomic E-state index is 14.1. The highest BCUT2D eigenvalue weighted by molar-refractivity contribution is 6.34. The highest BCUT2D eigenvalue weighted by atomic mass is 16.5. The fourth-order valence-electron chi connectivity index (χ4n) is 5.98. The quantitative estimate of drug-likeness (QED) is 0.248. The maximum Gasteiger partial charge on any atom is 0.195 e. The largest absolute Gasteiger partial charge is 0.495 e. The second-order valence-corrected chi connectivity index (χ2v) is 9.27. The highest BCUT2D eigenvalue weighted by Crippen LogP contribution is 2.47. The summed E-state index contributed by atoms with van der Waals surface area (Å²) in [4.78, 5) is 56.4. The van der Waals surface area contributed by atoms with Crippen LogP contribution in [0.3, 0.4) is 0 Å². The molecule has 0 unspecified atom stereocenters. The number of hydrogen-bond donors (Lipinski definition) is 0. The fourth-order valence-corrected chi connectivity index (χ4v) is 5.98. The first-order valence-electron chi connectivity index (χ1n) is 12.0. The van der Waals surface area contributed by atoms with Crippen molar-refractivity contribution in [2.45, 2.75) is 0 Å². The molecular formula is C32H18O6. The Kier molecular flexibility index (Phi) is 4.48. The molecule has 0 atom stereocenters. The summed E-state index contributed by atoms with van der Waals surface area (Å²) < 4.78 is 11.8. The van der Waals surface area contributed by atoms with Crippen molar-refractivity contribution in [2.75, 3.05) is 14.2 Å². The summed E-state index contributed by atoms with van der Waals surface area (Å²) in [6.07, 6.45) is 0. The number of hydrogen-bond acceptors (Lipinski definition) is 6. The van der Waals surface area contributed by atoms with Crippen molar-refractivity contribution in [3.63, 3.8) is 0 Å². The van der Waals surface area contributed by atoms with Crippen LogP contribution in [0.1, 0.15) is 0 Å². The van der Waals surface area contributed by atoms with Gasteiger partial charge in [-0.25, -0.2) is 0 Å². The van der Waals surface area contributed by atoms with E-state index in [2.05, 4.69) is 0 Å². The van der Waals surface area contributed by atoms with Crippen molar-refractivity contribution in [2.24, 2.45) is 0 Å². The van der Waals surface area contributed by atoms with Crippen LogP contribution in [0.2, 0.25) is 0 Å². The van der Waals surface area contributed by atoms with E-state index in [4.69, 9.17) is 9.47 Å². The number of methoxy groups -OCH3 is 2. The predicted octanol–water partition coefficient (Wildman–Crippen LogP) is 4.94. The van der Waals surface area contributed by atoms with Crippen LogP contribution in [0.4, 0.5) is 0 Å². The van der Waals surface area contributed by atoms with E-state index in [1.165, 1.54) is 14.2 Å². The van der Waals surface area contributed by atoms with Gasteiger partial charge in [-0.3, -0.25) is 19.2 Å². The van der Waals surface area contributed by atoms with E-state index < -0.39 is 21.7 Å². The van der Waals surface area contributed by atoms with Gasteiger partial charge in [-0.2, -0.15) is 0 Å². The standard InChI is InChI=1S/C32H18O6/c1-37-31-19-13-7-8-14-20(19)32(38-2)26-24-22(28(34)16-10-4-6-12-18(16)30(24)36)21-23(25(26)31)29(35)17-11-5-3-9-15(17)27(21)33/h3-14H,1-2H3. The monoisotopic (exact) mass is 498 g/mol. The Morgan fingerprint density at radius 1 is 0.368 bits per heavy atom. The van der Waals surface area contributed by atoms with Crippen LogP contribution in [-0.2, 0) is 0 Å². The van der Waals surface area contributed by atoms with Gasteiger partial charge < -0.3 is 9.47 Å². The summed E-state index contributed by atoms with van der Waals surface area (Å²) in [5.41, 5.74) is -1.80. The van der Waals surface area contributed by atoms with Crippen molar-refractivity contribution in [1.29, 1.82) is 0 Å². The molecule has 0 saturated carbocycles. The molecule has 0 aliphatic carbocycles. The van der Waals surface area contributed by atoms with Gasteiger partial charge in [0.1, 0.15) is 11.5 Å². The molecule has 0 aliphatic rings. The molecule has 7 aromatic carbocycles. The molecule has 0 aromatic heterocycles. The summed E-state index contributed by atoms with van der Waals surface area (Å²) in [5, 5.41) is 2.66. The molecule has 182 valence electrons. The lowest BCUT2D eigenvalue weighted by molar-refractivity contribution is 0.418. The molecule has 0 fully saturated rings. The van der Waals surface area contributed by atoms with Gasteiger partial charge in [0.05, 0.1) is 14.2 Å². The topological polar surface area (TPSA) is 86.7 Å². The Hall–Kier alpha value is -5.10. The predicted molar refractivity (Wildman–Crippen MR) is 152 cm³/mol. The highest BCUT2D eigenvalue weighted by Gasteiger charge is 2.28. The first kappa shape index (κ1) is 22.1. The molecule has 0 bridgehead atoms. The number of ether oxygens (including phenoxy) is 2. The van der Waals surface area contributed by atoms with Crippen molar-refractivity contribution in [3.8, 4) is 11.5 Å². The van der Waals surface area contributed by atoms with Gasteiger partial charge in [0.15, 0.2) is 21.7 Å². The third kappa shape index (κ3) is 2.56. The van der Waals surface area contributed by atoms with Crippen molar-refractivity contribution in [1.82, 2.24) is 0 Å². The van der Waals surface area contributed by atoms with E-state index in [-0.39, 0.29) is 53.9 Å².